The number of nitrogen functional groups attached to an aromatic ring is 1. The van der Waals surface area contributed by atoms with Crippen molar-refractivity contribution in [1.82, 2.24) is 0 Å². The van der Waals surface area contributed by atoms with Gasteiger partial charge in [-0.1, -0.05) is 13.8 Å². The number of carbonyl (C=O) groups is 1. The van der Waals surface area contributed by atoms with Crippen molar-refractivity contribution in [2.75, 3.05) is 5.73 Å². The molecule has 0 heterocycles. The number of aromatic carboxylic acids is 1. The van der Waals surface area contributed by atoms with Crippen LogP contribution < -0.4 is 5.73 Å². The van der Waals surface area contributed by atoms with Crippen LogP contribution in [0.3, 0.4) is 0 Å². The predicted octanol–water partition coefficient (Wildman–Crippen LogP) is 2.87. The molecule has 0 aliphatic rings. The maximum Gasteiger partial charge on any atom is 0.335 e. The topological polar surface area (TPSA) is 63.3 Å². The van der Waals surface area contributed by atoms with Crippen LogP contribution >= 0.6 is 0 Å². The smallest absolute Gasteiger partial charge is 0.335 e. The molecule has 82 valence electrons. The van der Waals surface area contributed by atoms with E-state index in [0.717, 1.165) is 18.4 Å². The fourth-order valence-corrected chi connectivity index (χ4v) is 1.80. The van der Waals surface area contributed by atoms with Crippen molar-refractivity contribution in [2.24, 2.45) is 0 Å². The van der Waals surface area contributed by atoms with Crippen LogP contribution in [0.5, 0.6) is 0 Å². The fourth-order valence-electron chi connectivity index (χ4n) is 1.80. The van der Waals surface area contributed by atoms with E-state index in [2.05, 4.69) is 13.8 Å². The molecular formula is C12H17NO2. The summed E-state index contributed by atoms with van der Waals surface area (Å²) in [4.78, 5) is 10.8. The standard InChI is InChI=1S/C12H17NO2/c1-3-8(4-2)9-5-10(12(14)15)7-11(13)6-9/h5-8H,3-4,13H2,1-2H3,(H,14,15). The number of nitrogens with two attached hydrogens (primary N) is 1. The lowest BCUT2D eigenvalue weighted by atomic mass is 9.92. The Balaban J connectivity index is 3.13. The summed E-state index contributed by atoms with van der Waals surface area (Å²) in [6.07, 6.45) is 2.00. The summed E-state index contributed by atoms with van der Waals surface area (Å²) >= 11 is 0. The SMILES string of the molecule is CCC(CC)c1cc(N)cc(C(=O)O)c1. The van der Waals surface area contributed by atoms with E-state index < -0.39 is 5.97 Å². The number of rotatable bonds is 4. The molecule has 0 radical (unpaired) electrons. The van der Waals surface area contributed by atoms with Gasteiger partial charge in [0.25, 0.3) is 0 Å². The highest BCUT2D eigenvalue weighted by Crippen LogP contribution is 2.25. The molecule has 0 atom stereocenters. The molecule has 0 aliphatic heterocycles. The monoisotopic (exact) mass is 207 g/mol. The zero-order valence-electron chi connectivity index (χ0n) is 9.16. The molecule has 0 fully saturated rings. The molecule has 0 spiro atoms. The third-order valence-electron chi connectivity index (χ3n) is 2.68. The normalized spacial score (nSPS) is 10.6. The molecule has 0 aromatic heterocycles. The first-order valence-corrected chi connectivity index (χ1v) is 5.22. The van der Waals surface area contributed by atoms with Gasteiger partial charge in [0.1, 0.15) is 0 Å². The summed E-state index contributed by atoms with van der Waals surface area (Å²) in [5, 5.41) is 8.91. The van der Waals surface area contributed by atoms with Crippen LogP contribution in [0, 0.1) is 0 Å². The molecule has 0 bridgehead atoms. The number of hydrogen-bond acceptors (Lipinski definition) is 2. The Morgan fingerprint density at radius 1 is 1.33 bits per heavy atom. The maximum absolute atomic E-state index is 10.8. The predicted molar refractivity (Wildman–Crippen MR) is 61.1 cm³/mol. The van der Waals surface area contributed by atoms with Crippen LogP contribution in [-0.2, 0) is 0 Å². The van der Waals surface area contributed by atoms with Crippen molar-refractivity contribution in [2.45, 2.75) is 32.6 Å². The van der Waals surface area contributed by atoms with Crippen LogP contribution in [0.1, 0.15) is 48.5 Å². The molecule has 0 amide bonds. The molecule has 15 heavy (non-hydrogen) atoms. The average Bonchev–Trinajstić information content (AvgIpc) is 2.18. The summed E-state index contributed by atoms with van der Waals surface area (Å²) in [5.74, 6) is -0.527. The van der Waals surface area contributed by atoms with Gasteiger partial charge in [-0.05, 0) is 42.5 Å². The van der Waals surface area contributed by atoms with Gasteiger partial charge in [0, 0.05) is 5.69 Å². The van der Waals surface area contributed by atoms with Gasteiger partial charge in [-0.2, -0.15) is 0 Å². The zero-order valence-corrected chi connectivity index (χ0v) is 9.16. The molecule has 0 aliphatic carbocycles. The third-order valence-corrected chi connectivity index (χ3v) is 2.68. The molecule has 3 N–H and O–H groups in total. The second-order valence-corrected chi connectivity index (χ2v) is 3.71. The largest absolute Gasteiger partial charge is 0.478 e. The Morgan fingerprint density at radius 2 is 1.93 bits per heavy atom. The Bertz CT molecular complexity index is 357. The highest BCUT2D eigenvalue weighted by atomic mass is 16.4. The van der Waals surface area contributed by atoms with Crippen molar-refractivity contribution in [3.8, 4) is 0 Å². The van der Waals surface area contributed by atoms with E-state index in [1.54, 1.807) is 6.07 Å². The van der Waals surface area contributed by atoms with Crippen LogP contribution in [0.15, 0.2) is 18.2 Å². The Kier molecular flexibility index (Phi) is 3.72. The second-order valence-electron chi connectivity index (χ2n) is 3.71. The molecule has 3 heteroatoms. The first-order valence-electron chi connectivity index (χ1n) is 5.22. The van der Waals surface area contributed by atoms with Gasteiger partial charge >= 0.3 is 5.97 Å². The van der Waals surface area contributed by atoms with Crippen molar-refractivity contribution in [3.05, 3.63) is 29.3 Å². The van der Waals surface area contributed by atoms with E-state index in [9.17, 15) is 4.79 Å². The number of carboxylic acids is 1. The van der Waals surface area contributed by atoms with E-state index in [0.29, 0.717) is 11.6 Å². The van der Waals surface area contributed by atoms with Crippen LogP contribution in [-0.4, -0.2) is 11.1 Å². The average molecular weight is 207 g/mol. The van der Waals surface area contributed by atoms with Gasteiger partial charge in [-0.3, -0.25) is 0 Å². The quantitative estimate of drug-likeness (QED) is 0.746. The van der Waals surface area contributed by atoms with E-state index in [4.69, 9.17) is 10.8 Å². The van der Waals surface area contributed by atoms with Crippen molar-refractivity contribution < 1.29 is 9.90 Å². The van der Waals surface area contributed by atoms with Crippen LogP contribution in [0.2, 0.25) is 0 Å². The first kappa shape index (κ1) is 11.6. The maximum atomic E-state index is 10.8. The van der Waals surface area contributed by atoms with Gasteiger partial charge in [-0.25, -0.2) is 4.79 Å². The Labute approximate surface area is 89.9 Å². The van der Waals surface area contributed by atoms with E-state index in [1.807, 2.05) is 6.07 Å². The van der Waals surface area contributed by atoms with E-state index >= 15 is 0 Å². The molecular weight excluding hydrogens is 190 g/mol. The molecule has 1 rings (SSSR count). The second kappa shape index (κ2) is 4.82. The minimum atomic E-state index is -0.922. The summed E-state index contributed by atoms with van der Waals surface area (Å²) in [7, 11) is 0. The lowest BCUT2D eigenvalue weighted by Gasteiger charge is -2.14. The van der Waals surface area contributed by atoms with Crippen LogP contribution in [0.4, 0.5) is 5.69 Å². The third kappa shape index (κ3) is 2.72. The lowest BCUT2D eigenvalue weighted by Crippen LogP contribution is -2.03. The zero-order chi connectivity index (χ0) is 11.4. The molecule has 0 saturated carbocycles. The number of carboxylic acid groups (broad SMARTS) is 1. The Morgan fingerprint density at radius 3 is 2.40 bits per heavy atom. The number of hydrogen-bond donors (Lipinski definition) is 2. The lowest BCUT2D eigenvalue weighted by molar-refractivity contribution is 0.0697. The van der Waals surface area contributed by atoms with Gasteiger partial charge in [0.05, 0.1) is 5.56 Å². The van der Waals surface area contributed by atoms with Crippen LogP contribution in [0.25, 0.3) is 0 Å². The highest BCUT2D eigenvalue weighted by molar-refractivity contribution is 5.89. The minimum absolute atomic E-state index is 0.275. The number of benzene rings is 1. The molecule has 3 nitrogen and oxygen atoms in total. The summed E-state index contributed by atoms with van der Waals surface area (Å²) < 4.78 is 0. The summed E-state index contributed by atoms with van der Waals surface area (Å²) in [5.41, 5.74) is 7.51. The molecule has 0 unspecified atom stereocenters. The molecule has 0 saturated heterocycles. The Hall–Kier alpha value is -1.51. The van der Waals surface area contributed by atoms with Gasteiger partial charge in [0.2, 0.25) is 0 Å². The molecule has 1 aromatic rings. The van der Waals surface area contributed by atoms with Gasteiger partial charge in [-0.15, -0.1) is 0 Å². The van der Waals surface area contributed by atoms with Crippen molar-refractivity contribution in [3.63, 3.8) is 0 Å². The van der Waals surface area contributed by atoms with Crippen molar-refractivity contribution in [1.29, 1.82) is 0 Å². The highest BCUT2D eigenvalue weighted by Gasteiger charge is 2.11. The van der Waals surface area contributed by atoms with Gasteiger partial charge < -0.3 is 10.8 Å². The minimum Gasteiger partial charge on any atom is -0.478 e. The molecule has 1 aromatic carbocycles. The first-order chi connectivity index (χ1) is 7.08. The number of anilines is 1. The van der Waals surface area contributed by atoms with Gasteiger partial charge in [0.15, 0.2) is 0 Å². The fraction of sp³-hybridized carbons (Fsp3) is 0.417. The van der Waals surface area contributed by atoms with E-state index in [1.165, 1.54) is 6.07 Å². The van der Waals surface area contributed by atoms with E-state index in [-0.39, 0.29) is 5.56 Å². The van der Waals surface area contributed by atoms with Crippen molar-refractivity contribution >= 4 is 11.7 Å². The summed E-state index contributed by atoms with van der Waals surface area (Å²) in [6.45, 7) is 4.19. The summed E-state index contributed by atoms with van der Waals surface area (Å²) in [6, 6.07) is 5.08.